The lowest BCUT2D eigenvalue weighted by molar-refractivity contribution is -0.0681. The van der Waals surface area contributed by atoms with Crippen molar-refractivity contribution >= 4 is 0 Å². The summed E-state index contributed by atoms with van der Waals surface area (Å²) in [6, 6.07) is 0. The van der Waals surface area contributed by atoms with E-state index in [4.69, 9.17) is 9.84 Å². The van der Waals surface area contributed by atoms with E-state index < -0.39 is 0 Å². The normalized spacial score (nSPS) is 24.1. The number of unbranched alkanes of at least 4 members (excludes halogenated alkanes) is 8. The molecule has 1 aliphatic rings. The maximum Gasteiger partial charge on any atom is 0.0678 e. The van der Waals surface area contributed by atoms with E-state index in [1.54, 1.807) is 0 Å². The van der Waals surface area contributed by atoms with Crippen LogP contribution < -0.4 is 0 Å². The van der Waals surface area contributed by atoms with Crippen LogP contribution in [0.5, 0.6) is 0 Å². The fraction of sp³-hybridized carbons (Fsp3) is 1.00. The Morgan fingerprint density at radius 1 is 0.800 bits per heavy atom. The van der Waals surface area contributed by atoms with Gasteiger partial charge in [0.1, 0.15) is 0 Å². The van der Waals surface area contributed by atoms with E-state index in [1.807, 2.05) is 0 Å². The molecule has 0 aromatic rings. The molecule has 0 amide bonds. The van der Waals surface area contributed by atoms with Gasteiger partial charge in [-0.05, 0) is 33.2 Å². The number of rotatable bonds is 11. The number of aliphatic hydroxyl groups is 1. The highest BCUT2D eigenvalue weighted by molar-refractivity contribution is 4.72. The summed E-state index contributed by atoms with van der Waals surface area (Å²) < 4.78 is 5.76. The maximum absolute atomic E-state index is 8.69. The summed E-state index contributed by atoms with van der Waals surface area (Å²) in [7, 11) is 0. The highest BCUT2D eigenvalue weighted by atomic mass is 16.5. The molecular formula is C17H35NO2. The van der Waals surface area contributed by atoms with Gasteiger partial charge < -0.3 is 9.84 Å². The minimum absolute atomic E-state index is 0.360. The SMILES string of the molecule is CC1CN(CCCCCCCCCCCO)CC(C)O1. The fourth-order valence-electron chi connectivity index (χ4n) is 3.15. The Balaban J connectivity index is 1.85. The molecule has 0 spiro atoms. The van der Waals surface area contributed by atoms with Crippen molar-refractivity contribution in [1.82, 2.24) is 4.90 Å². The van der Waals surface area contributed by atoms with Gasteiger partial charge in [0.15, 0.2) is 0 Å². The molecule has 3 nitrogen and oxygen atoms in total. The first-order valence-electron chi connectivity index (χ1n) is 8.71. The summed E-state index contributed by atoms with van der Waals surface area (Å²) in [5.74, 6) is 0. The first-order chi connectivity index (χ1) is 9.72. The van der Waals surface area contributed by atoms with E-state index in [2.05, 4.69) is 18.7 Å². The lowest BCUT2D eigenvalue weighted by Gasteiger charge is -2.35. The summed E-state index contributed by atoms with van der Waals surface area (Å²) in [4.78, 5) is 2.56. The number of nitrogens with zero attached hydrogens (tertiary/aromatic N) is 1. The Kier molecular flexibility index (Phi) is 10.3. The zero-order valence-electron chi connectivity index (χ0n) is 13.6. The summed E-state index contributed by atoms with van der Waals surface area (Å²) in [5.41, 5.74) is 0. The number of ether oxygens (including phenoxy) is 1. The molecule has 0 aliphatic carbocycles. The average molecular weight is 285 g/mol. The van der Waals surface area contributed by atoms with Crippen molar-refractivity contribution in [2.75, 3.05) is 26.2 Å². The molecule has 3 heteroatoms. The van der Waals surface area contributed by atoms with Crippen molar-refractivity contribution in [3.05, 3.63) is 0 Å². The molecule has 2 atom stereocenters. The van der Waals surface area contributed by atoms with Crippen LogP contribution in [0.3, 0.4) is 0 Å². The third kappa shape index (κ3) is 8.93. The van der Waals surface area contributed by atoms with Crippen molar-refractivity contribution in [1.29, 1.82) is 0 Å². The molecule has 1 heterocycles. The number of morpholine rings is 1. The van der Waals surface area contributed by atoms with Gasteiger partial charge in [0.2, 0.25) is 0 Å². The first-order valence-corrected chi connectivity index (χ1v) is 8.71. The quantitative estimate of drug-likeness (QED) is 0.589. The van der Waals surface area contributed by atoms with Gasteiger partial charge in [0.25, 0.3) is 0 Å². The van der Waals surface area contributed by atoms with Crippen LogP contribution in [-0.2, 0) is 4.74 Å². The minimum Gasteiger partial charge on any atom is -0.396 e. The summed E-state index contributed by atoms with van der Waals surface area (Å²) in [6.07, 6.45) is 12.5. The highest BCUT2D eigenvalue weighted by Crippen LogP contribution is 2.13. The molecule has 0 aromatic heterocycles. The second kappa shape index (κ2) is 11.5. The van der Waals surface area contributed by atoms with E-state index in [0.717, 1.165) is 19.5 Å². The largest absolute Gasteiger partial charge is 0.396 e. The van der Waals surface area contributed by atoms with Crippen molar-refractivity contribution in [2.24, 2.45) is 0 Å². The minimum atomic E-state index is 0.360. The number of hydrogen-bond acceptors (Lipinski definition) is 3. The molecular weight excluding hydrogens is 250 g/mol. The third-order valence-electron chi connectivity index (χ3n) is 4.13. The van der Waals surface area contributed by atoms with Crippen molar-refractivity contribution in [3.8, 4) is 0 Å². The second-order valence-corrected chi connectivity index (χ2v) is 6.42. The molecule has 1 saturated heterocycles. The topological polar surface area (TPSA) is 32.7 Å². The lowest BCUT2D eigenvalue weighted by atomic mass is 10.1. The highest BCUT2D eigenvalue weighted by Gasteiger charge is 2.21. The average Bonchev–Trinajstić information content (AvgIpc) is 2.40. The maximum atomic E-state index is 8.69. The molecule has 1 rings (SSSR count). The van der Waals surface area contributed by atoms with E-state index in [0.29, 0.717) is 18.8 Å². The van der Waals surface area contributed by atoms with Gasteiger partial charge in [-0.1, -0.05) is 44.9 Å². The molecule has 0 bridgehead atoms. The number of aliphatic hydroxyl groups excluding tert-OH is 1. The van der Waals surface area contributed by atoms with Gasteiger partial charge in [0, 0.05) is 19.7 Å². The van der Waals surface area contributed by atoms with Gasteiger partial charge in [-0.2, -0.15) is 0 Å². The van der Waals surface area contributed by atoms with E-state index in [-0.39, 0.29) is 0 Å². The molecule has 120 valence electrons. The fourth-order valence-corrected chi connectivity index (χ4v) is 3.15. The third-order valence-corrected chi connectivity index (χ3v) is 4.13. The predicted molar refractivity (Wildman–Crippen MR) is 85.1 cm³/mol. The smallest absolute Gasteiger partial charge is 0.0678 e. The molecule has 0 saturated carbocycles. The van der Waals surface area contributed by atoms with Crippen LogP contribution in [-0.4, -0.2) is 48.5 Å². The Hall–Kier alpha value is -0.120. The standard InChI is InChI=1S/C17H35NO2/c1-16-14-18(15-17(2)20-16)12-10-8-6-4-3-5-7-9-11-13-19/h16-17,19H,3-15H2,1-2H3. The van der Waals surface area contributed by atoms with Crippen LogP contribution in [0.1, 0.15) is 71.6 Å². The Morgan fingerprint density at radius 2 is 1.25 bits per heavy atom. The summed E-state index contributed by atoms with van der Waals surface area (Å²) >= 11 is 0. The molecule has 20 heavy (non-hydrogen) atoms. The van der Waals surface area contributed by atoms with Crippen LogP contribution in [0.15, 0.2) is 0 Å². The summed E-state index contributed by atoms with van der Waals surface area (Å²) in [5, 5.41) is 8.69. The van der Waals surface area contributed by atoms with Gasteiger partial charge >= 0.3 is 0 Å². The molecule has 1 N–H and O–H groups in total. The molecule has 1 aliphatic heterocycles. The monoisotopic (exact) mass is 285 g/mol. The van der Waals surface area contributed by atoms with Gasteiger partial charge in [0.05, 0.1) is 12.2 Å². The Morgan fingerprint density at radius 3 is 1.75 bits per heavy atom. The molecule has 0 radical (unpaired) electrons. The van der Waals surface area contributed by atoms with Crippen molar-refractivity contribution in [2.45, 2.75) is 83.8 Å². The number of hydrogen-bond donors (Lipinski definition) is 1. The Bertz CT molecular complexity index is 213. The molecule has 1 fully saturated rings. The van der Waals surface area contributed by atoms with Gasteiger partial charge in [-0.15, -0.1) is 0 Å². The van der Waals surface area contributed by atoms with Crippen LogP contribution in [0.25, 0.3) is 0 Å². The predicted octanol–water partition coefficient (Wildman–Crippen LogP) is 3.60. The van der Waals surface area contributed by atoms with Crippen molar-refractivity contribution < 1.29 is 9.84 Å². The zero-order valence-corrected chi connectivity index (χ0v) is 13.6. The zero-order chi connectivity index (χ0) is 14.6. The van der Waals surface area contributed by atoms with Crippen LogP contribution in [0, 0.1) is 0 Å². The Labute approximate surface area is 125 Å². The van der Waals surface area contributed by atoms with E-state index >= 15 is 0 Å². The molecule has 2 unspecified atom stereocenters. The molecule has 0 aromatic carbocycles. The van der Waals surface area contributed by atoms with Crippen LogP contribution in [0.4, 0.5) is 0 Å². The lowest BCUT2D eigenvalue weighted by Crippen LogP contribution is -2.45. The van der Waals surface area contributed by atoms with Crippen LogP contribution in [0.2, 0.25) is 0 Å². The van der Waals surface area contributed by atoms with Crippen LogP contribution >= 0.6 is 0 Å². The van der Waals surface area contributed by atoms with E-state index in [9.17, 15) is 0 Å². The van der Waals surface area contributed by atoms with Crippen molar-refractivity contribution in [3.63, 3.8) is 0 Å². The second-order valence-electron chi connectivity index (χ2n) is 6.42. The van der Waals surface area contributed by atoms with E-state index in [1.165, 1.54) is 57.9 Å². The van der Waals surface area contributed by atoms with Gasteiger partial charge in [-0.25, -0.2) is 0 Å². The summed E-state index contributed by atoms with van der Waals surface area (Å²) in [6.45, 7) is 8.18. The van der Waals surface area contributed by atoms with Gasteiger partial charge in [-0.3, -0.25) is 4.90 Å². The first kappa shape index (κ1) is 17.9.